The van der Waals surface area contributed by atoms with E-state index in [9.17, 15) is 4.21 Å². The van der Waals surface area contributed by atoms with Crippen molar-refractivity contribution in [2.45, 2.75) is 20.3 Å². The summed E-state index contributed by atoms with van der Waals surface area (Å²) in [5.41, 5.74) is 6.20. The molecule has 1 unspecified atom stereocenters. The monoisotopic (exact) mass is 274 g/mol. The third-order valence-corrected chi connectivity index (χ3v) is 3.82. The lowest BCUT2D eigenvalue weighted by molar-refractivity contribution is 0.303. The predicted molar refractivity (Wildman–Crippen MR) is 76.9 cm³/mol. The van der Waals surface area contributed by atoms with Crippen LogP contribution in [0.15, 0.2) is 34.7 Å². The van der Waals surface area contributed by atoms with Crippen molar-refractivity contribution < 1.29 is 8.49 Å². The molecule has 0 spiro atoms. The summed E-state index contributed by atoms with van der Waals surface area (Å²) < 4.78 is 19.6. The van der Waals surface area contributed by atoms with E-state index in [0.29, 0.717) is 12.3 Å². The molecule has 5 heteroatoms. The number of hydrogen-bond acceptors (Lipinski definition) is 3. The maximum atomic E-state index is 11.0. The molecule has 0 amide bonds. The topological polar surface area (TPSA) is 50.7 Å². The highest BCUT2D eigenvalue weighted by atomic mass is 32.2. The number of fused-ring (bicyclic) bond motifs is 1. The first kappa shape index (κ1) is 12.3. The van der Waals surface area contributed by atoms with Crippen molar-refractivity contribution in [2.24, 2.45) is 4.40 Å². The minimum atomic E-state index is -1.59. The van der Waals surface area contributed by atoms with Crippen LogP contribution in [-0.4, -0.2) is 10.0 Å². The van der Waals surface area contributed by atoms with E-state index in [1.807, 2.05) is 0 Å². The highest BCUT2D eigenvalue weighted by Gasteiger charge is 2.14. The van der Waals surface area contributed by atoms with Crippen LogP contribution in [0.1, 0.15) is 16.7 Å². The van der Waals surface area contributed by atoms with Gasteiger partial charge in [0.05, 0.1) is 0 Å². The molecule has 1 aliphatic heterocycles. The molecule has 1 atom stereocenters. The fraction of sp³-hybridized carbons (Fsp3) is 0.214. The molecule has 0 bridgehead atoms. The second kappa shape index (κ2) is 4.75. The Bertz CT molecular complexity index is 710. The quantitative estimate of drug-likeness (QED) is 0.915. The van der Waals surface area contributed by atoms with Crippen LogP contribution in [0.5, 0.6) is 0 Å². The molecular weight excluding hydrogens is 260 g/mol. The van der Waals surface area contributed by atoms with Crippen molar-refractivity contribution in [1.29, 1.82) is 0 Å². The van der Waals surface area contributed by atoms with Crippen LogP contribution in [0.3, 0.4) is 0 Å². The zero-order valence-corrected chi connectivity index (χ0v) is 11.6. The lowest BCUT2D eigenvalue weighted by Crippen LogP contribution is -2.19. The lowest BCUT2D eigenvalue weighted by Gasteiger charge is -2.08. The van der Waals surface area contributed by atoms with Crippen molar-refractivity contribution in [3.05, 3.63) is 47.0 Å². The molecule has 1 N–H and O–H groups in total. The van der Waals surface area contributed by atoms with E-state index in [0.717, 1.165) is 5.56 Å². The fourth-order valence-corrected chi connectivity index (χ4v) is 2.71. The number of hydrogen-bond donors (Lipinski definition) is 1. The molecule has 1 aliphatic rings. The molecule has 0 saturated heterocycles. The molecule has 0 aliphatic carbocycles. The van der Waals surface area contributed by atoms with Gasteiger partial charge in [-0.2, -0.15) is 4.28 Å². The third-order valence-electron chi connectivity index (χ3n) is 3.22. The summed E-state index contributed by atoms with van der Waals surface area (Å²) in [5, 5.41) is 2.44. The van der Waals surface area contributed by atoms with E-state index in [4.69, 9.17) is 4.28 Å². The molecule has 98 valence electrons. The molecule has 19 heavy (non-hydrogen) atoms. The Balaban J connectivity index is 2.00. The number of rotatable bonds is 2. The Morgan fingerprint density at radius 1 is 1.21 bits per heavy atom. The number of nitrogens with one attached hydrogen (secondary N) is 1. The van der Waals surface area contributed by atoms with E-state index in [2.05, 4.69) is 54.1 Å². The van der Waals surface area contributed by atoms with Gasteiger partial charge in [0.1, 0.15) is 5.84 Å². The Morgan fingerprint density at radius 3 is 2.79 bits per heavy atom. The number of nitrogens with zero attached hydrogens (tertiary/aromatic N) is 1. The van der Waals surface area contributed by atoms with Gasteiger partial charge in [-0.3, -0.25) is 0 Å². The Kier molecular flexibility index (Phi) is 3.08. The van der Waals surface area contributed by atoms with Gasteiger partial charge in [-0.05, 0) is 35.7 Å². The highest BCUT2D eigenvalue weighted by molar-refractivity contribution is 7.79. The van der Waals surface area contributed by atoms with Gasteiger partial charge in [0.25, 0.3) is 0 Å². The summed E-state index contributed by atoms with van der Waals surface area (Å²) in [4.78, 5) is 0. The van der Waals surface area contributed by atoms with Gasteiger partial charge >= 0.3 is 11.3 Å². The first-order chi connectivity index (χ1) is 9.11. The molecule has 0 aromatic heterocycles. The van der Waals surface area contributed by atoms with Crippen molar-refractivity contribution in [3.8, 4) is 0 Å². The predicted octanol–water partition coefficient (Wildman–Crippen LogP) is 2.51. The van der Waals surface area contributed by atoms with Gasteiger partial charge in [0.15, 0.2) is 0 Å². The first-order valence-corrected chi connectivity index (χ1v) is 7.08. The smallest absolute Gasteiger partial charge is 0.234 e. The number of amidine groups is 1. The van der Waals surface area contributed by atoms with Gasteiger partial charge in [0, 0.05) is 6.42 Å². The molecule has 0 radical (unpaired) electrons. The van der Waals surface area contributed by atoms with Crippen LogP contribution < -0.4 is 5.48 Å². The zero-order valence-electron chi connectivity index (χ0n) is 10.8. The summed E-state index contributed by atoms with van der Waals surface area (Å²) in [6.45, 7) is 4.16. The first-order valence-electron chi connectivity index (χ1n) is 6.04. The SMILES string of the molecule is Cc1ccc2cc(CC3=NS(=O)ON3)c(C)cc2c1. The van der Waals surface area contributed by atoms with Gasteiger partial charge in [-0.15, -0.1) is 4.40 Å². The second-order valence-corrected chi connectivity index (χ2v) is 5.53. The van der Waals surface area contributed by atoms with Crippen molar-refractivity contribution in [3.63, 3.8) is 0 Å². The van der Waals surface area contributed by atoms with E-state index in [-0.39, 0.29) is 0 Å². The van der Waals surface area contributed by atoms with Crippen molar-refractivity contribution in [2.75, 3.05) is 0 Å². The van der Waals surface area contributed by atoms with Crippen LogP contribution >= 0.6 is 0 Å². The van der Waals surface area contributed by atoms with Crippen LogP contribution in [0.2, 0.25) is 0 Å². The summed E-state index contributed by atoms with van der Waals surface area (Å²) in [5.74, 6) is 0.605. The molecule has 1 heterocycles. The van der Waals surface area contributed by atoms with E-state index >= 15 is 0 Å². The molecule has 3 rings (SSSR count). The van der Waals surface area contributed by atoms with Crippen molar-refractivity contribution in [1.82, 2.24) is 5.48 Å². The van der Waals surface area contributed by atoms with Gasteiger partial charge in [-0.25, -0.2) is 9.69 Å². The second-order valence-electron chi connectivity index (χ2n) is 4.75. The maximum Gasteiger partial charge on any atom is 0.309 e. The maximum absolute atomic E-state index is 11.0. The number of hydroxylamine groups is 1. The molecular formula is C14H14N2O2S. The van der Waals surface area contributed by atoms with Crippen LogP contribution in [0.4, 0.5) is 0 Å². The fourth-order valence-electron chi connectivity index (χ4n) is 2.23. The van der Waals surface area contributed by atoms with E-state index in [1.54, 1.807) is 0 Å². The summed E-state index contributed by atoms with van der Waals surface area (Å²) >= 11 is -1.59. The summed E-state index contributed by atoms with van der Waals surface area (Å²) in [7, 11) is 0. The minimum Gasteiger partial charge on any atom is -0.234 e. The molecule has 0 fully saturated rings. The standard InChI is InChI=1S/C14H14N2O2S/c1-9-3-4-11-7-12(10(2)6-13(11)5-9)8-14-15-18-19(17)16-14/h3-7H,8H2,1-2H3,(H,15,16). The number of aryl methyl sites for hydroxylation is 2. The lowest BCUT2D eigenvalue weighted by atomic mass is 9.98. The number of benzene rings is 2. The normalized spacial score (nSPS) is 18.4. The highest BCUT2D eigenvalue weighted by Crippen LogP contribution is 2.22. The molecule has 2 aromatic carbocycles. The van der Waals surface area contributed by atoms with Crippen LogP contribution in [0.25, 0.3) is 10.8 Å². The Hall–Kier alpha value is -1.72. The molecule has 4 nitrogen and oxygen atoms in total. The van der Waals surface area contributed by atoms with Gasteiger partial charge < -0.3 is 0 Å². The Labute approximate surface area is 114 Å². The van der Waals surface area contributed by atoms with E-state index in [1.165, 1.54) is 21.9 Å². The zero-order chi connectivity index (χ0) is 13.4. The summed E-state index contributed by atoms with van der Waals surface area (Å²) in [6.07, 6.45) is 0.599. The van der Waals surface area contributed by atoms with Crippen LogP contribution in [-0.2, 0) is 22.0 Å². The van der Waals surface area contributed by atoms with E-state index < -0.39 is 11.3 Å². The minimum absolute atomic E-state index is 0.599. The van der Waals surface area contributed by atoms with Gasteiger partial charge in [0.2, 0.25) is 0 Å². The van der Waals surface area contributed by atoms with Gasteiger partial charge in [-0.1, -0.05) is 35.9 Å². The Morgan fingerprint density at radius 2 is 2.05 bits per heavy atom. The van der Waals surface area contributed by atoms with Crippen molar-refractivity contribution >= 4 is 27.9 Å². The van der Waals surface area contributed by atoms with Crippen LogP contribution in [0, 0.1) is 13.8 Å². The largest absolute Gasteiger partial charge is 0.309 e. The average Bonchev–Trinajstić information content (AvgIpc) is 2.76. The molecule has 0 saturated carbocycles. The third kappa shape index (κ3) is 2.52. The average molecular weight is 274 g/mol. The summed E-state index contributed by atoms with van der Waals surface area (Å²) in [6, 6.07) is 10.7. The molecule has 2 aromatic rings.